The Hall–Kier alpha value is -1.67. The fourth-order valence-electron chi connectivity index (χ4n) is 4.60. The van der Waals surface area contributed by atoms with Gasteiger partial charge in [-0.15, -0.1) is 0 Å². The SMILES string of the molecule is c1ccc([C@H]2C3CCCCC3[C@@H]2NCc2ccccn2)cc1. The summed E-state index contributed by atoms with van der Waals surface area (Å²) >= 11 is 0. The zero-order chi connectivity index (χ0) is 14.8. The summed E-state index contributed by atoms with van der Waals surface area (Å²) < 4.78 is 0. The van der Waals surface area contributed by atoms with Crippen molar-refractivity contribution < 1.29 is 0 Å². The summed E-state index contributed by atoms with van der Waals surface area (Å²) in [5.74, 6) is 2.44. The number of benzene rings is 1. The van der Waals surface area contributed by atoms with Crippen LogP contribution in [-0.4, -0.2) is 11.0 Å². The van der Waals surface area contributed by atoms with Crippen LogP contribution in [0.2, 0.25) is 0 Å². The van der Waals surface area contributed by atoms with Crippen LogP contribution in [0.1, 0.15) is 42.9 Å². The minimum atomic E-state index is 0.620. The molecule has 0 amide bonds. The predicted molar refractivity (Wildman–Crippen MR) is 89.5 cm³/mol. The van der Waals surface area contributed by atoms with E-state index in [1.165, 1.54) is 31.2 Å². The van der Waals surface area contributed by atoms with E-state index in [-0.39, 0.29) is 0 Å². The van der Waals surface area contributed by atoms with Crippen molar-refractivity contribution in [3.63, 3.8) is 0 Å². The molecule has 2 fully saturated rings. The summed E-state index contributed by atoms with van der Waals surface area (Å²) in [6.07, 6.45) is 7.51. The molecule has 0 saturated heterocycles. The Balaban J connectivity index is 1.50. The molecule has 0 radical (unpaired) electrons. The maximum absolute atomic E-state index is 4.45. The van der Waals surface area contributed by atoms with Gasteiger partial charge < -0.3 is 5.32 Å². The van der Waals surface area contributed by atoms with Gasteiger partial charge in [0.1, 0.15) is 0 Å². The second-order valence-corrected chi connectivity index (χ2v) is 6.78. The van der Waals surface area contributed by atoms with E-state index in [0.717, 1.165) is 24.1 Å². The molecule has 0 aliphatic heterocycles. The molecule has 1 heterocycles. The molecule has 114 valence electrons. The Labute approximate surface area is 133 Å². The van der Waals surface area contributed by atoms with E-state index in [0.29, 0.717) is 12.0 Å². The minimum Gasteiger partial charge on any atom is -0.307 e. The molecule has 1 aromatic carbocycles. The number of aromatic nitrogens is 1. The van der Waals surface area contributed by atoms with E-state index in [2.05, 4.69) is 52.8 Å². The maximum Gasteiger partial charge on any atom is 0.0541 e. The van der Waals surface area contributed by atoms with Gasteiger partial charge in [0.2, 0.25) is 0 Å². The van der Waals surface area contributed by atoms with Gasteiger partial charge in [-0.05, 0) is 42.4 Å². The smallest absolute Gasteiger partial charge is 0.0541 e. The Bertz CT molecular complexity index is 596. The van der Waals surface area contributed by atoms with Crippen LogP contribution in [0.5, 0.6) is 0 Å². The molecule has 2 nitrogen and oxygen atoms in total. The van der Waals surface area contributed by atoms with E-state index in [4.69, 9.17) is 0 Å². The second kappa shape index (κ2) is 6.21. The third kappa shape index (κ3) is 2.56. The Morgan fingerprint density at radius 3 is 2.45 bits per heavy atom. The van der Waals surface area contributed by atoms with Crippen LogP contribution in [0, 0.1) is 11.8 Å². The zero-order valence-electron chi connectivity index (χ0n) is 13.0. The summed E-state index contributed by atoms with van der Waals surface area (Å²) in [6, 6.07) is 17.9. The first-order valence-corrected chi connectivity index (χ1v) is 8.62. The number of pyridine rings is 1. The van der Waals surface area contributed by atoms with Crippen molar-refractivity contribution >= 4 is 0 Å². The fraction of sp³-hybridized carbons (Fsp3) is 0.450. The molecule has 2 aromatic rings. The summed E-state index contributed by atoms with van der Waals surface area (Å²) in [6.45, 7) is 0.887. The maximum atomic E-state index is 4.45. The van der Waals surface area contributed by atoms with Crippen LogP contribution in [0.3, 0.4) is 0 Å². The van der Waals surface area contributed by atoms with Crippen molar-refractivity contribution in [3.05, 3.63) is 66.0 Å². The molecule has 1 N–H and O–H groups in total. The Kier molecular flexibility index (Phi) is 3.94. The van der Waals surface area contributed by atoms with Crippen LogP contribution < -0.4 is 5.32 Å². The van der Waals surface area contributed by atoms with Crippen LogP contribution in [-0.2, 0) is 6.54 Å². The number of rotatable bonds is 4. The number of nitrogens with zero attached hydrogens (tertiary/aromatic N) is 1. The quantitative estimate of drug-likeness (QED) is 0.916. The number of hydrogen-bond acceptors (Lipinski definition) is 2. The van der Waals surface area contributed by atoms with Gasteiger partial charge >= 0.3 is 0 Å². The highest BCUT2D eigenvalue weighted by molar-refractivity contribution is 5.28. The summed E-state index contributed by atoms with van der Waals surface area (Å²) in [5.41, 5.74) is 2.66. The summed E-state index contributed by atoms with van der Waals surface area (Å²) in [7, 11) is 0. The Morgan fingerprint density at radius 1 is 0.909 bits per heavy atom. The average molecular weight is 292 g/mol. The van der Waals surface area contributed by atoms with Gasteiger partial charge in [-0.3, -0.25) is 4.98 Å². The number of hydrogen-bond donors (Lipinski definition) is 1. The van der Waals surface area contributed by atoms with Gasteiger partial charge in [-0.2, -0.15) is 0 Å². The lowest BCUT2D eigenvalue weighted by Crippen LogP contribution is -2.57. The molecule has 4 rings (SSSR count). The van der Waals surface area contributed by atoms with Crippen molar-refractivity contribution in [1.82, 2.24) is 10.3 Å². The van der Waals surface area contributed by atoms with Gasteiger partial charge in [0, 0.05) is 24.7 Å². The van der Waals surface area contributed by atoms with Crippen molar-refractivity contribution in [2.24, 2.45) is 11.8 Å². The number of nitrogens with one attached hydrogen (secondary N) is 1. The largest absolute Gasteiger partial charge is 0.307 e. The van der Waals surface area contributed by atoms with Crippen molar-refractivity contribution in [1.29, 1.82) is 0 Å². The third-order valence-electron chi connectivity index (χ3n) is 5.61. The monoisotopic (exact) mass is 292 g/mol. The molecule has 0 bridgehead atoms. The van der Waals surface area contributed by atoms with Gasteiger partial charge in [0.15, 0.2) is 0 Å². The van der Waals surface area contributed by atoms with Crippen LogP contribution in [0.25, 0.3) is 0 Å². The molecule has 2 aliphatic carbocycles. The van der Waals surface area contributed by atoms with Crippen LogP contribution >= 0.6 is 0 Å². The molecule has 0 spiro atoms. The van der Waals surface area contributed by atoms with Crippen LogP contribution in [0.15, 0.2) is 54.7 Å². The topological polar surface area (TPSA) is 24.9 Å². The zero-order valence-corrected chi connectivity index (χ0v) is 13.0. The highest BCUT2D eigenvalue weighted by Crippen LogP contribution is 2.54. The van der Waals surface area contributed by atoms with Gasteiger partial charge in [0.25, 0.3) is 0 Å². The molecular formula is C20H24N2. The van der Waals surface area contributed by atoms with Crippen molar-refractivity contribution in [2.45, 2.75) is 44.2 Å². The first-order valence-electron chi connectivity index (χ1n) is 8.62. The molecule has 2 heteroatoms. The summed E-state index contributed by atoms with van der Waals surface area (Å²) in [4.78, 5) is 4.45. The first-order chi connectivity index (χ1) is 10.9. The highest BCUT2D eigenvalue weighted by Gasteiger charge is 2.50. The molecular weight excluding hydrogens is 268 g/mol. The average Bonchev–Trinajstić information content (AvgIpc) is 2.58. The van der Waals surface area contributed by atoms with Gasteiger partial charge in [-0.25, -0.2) is 0 Å². The van der Waals surface area contributed by atoms with E-state index < -0.39 is 0 Å². The van der Waals surface area contributed by atoms with Gasteiger partial charge in [-0.1, -0.05) is 49.2 Å². The lowest BCUT2D eigenvalue weighted by Gasteiger charge is -2.55. The molecule has 2 unspecified atom stereocenters. The highest BCUT2D eigenvalue weighted by atomic mass is 15.0. The van der Waals surface area contributed by atoms with Gasteiger partial charge in [0.05, 0.1) is 5.69 Å². The first kappa shape index (κ1) is 14.0. The standard InChI is InChI=1S/C20H24N2/c1-2-8-15(9-3-1)19-17-11-4-5-12-18(17)20(19)22-14-16-10-6-7-13-21-16/h1-3,6-10,13,17-20,22H,4-5,11-12,14H2/t17?,18?,19-,20-/m0/s1. The van der Waals surface area contributed by atoms with Crippen molar-refractivity contribution in [2.75, 3.05) is 0 Å². The predicted octanol–water partition coefficient (Wildman–Crippen LogP) is 4.14. The normalized spacial score (nSPS) is 30.4. The molecule has 2 aliphatic rings. The molecule has 4 atom stereocenters. The van der Waals surface area contributed by atoms with E-state index >= 15 is 0 Å². The second-order valence-electron chi connectivity index (χ2n) is 6.78. The van der Waals surface area contributed by atoms with E-state index in [1.54, 1.807) is 0 Å². The fourth-order valence-corrected chi connectivity index (χ4v) is 4.60. The minimum absolute atomic E-state index is 0.620. The van der Waals surface area contributed by atoms with Crippen molar-refractivity contribution in [3.8, 4) is 0 Å². The number of fused-ring (bicyclic) bond motifs is 1. The lowest BCUT2D eigenvalue weighted by molar-refractivity contribution is 0.0252. The molecule has 1 aromatic heterocycles. The lowest BCUT2D eigenvalue weighted by atomic mass is 9.53. The van der Waals surface area contributed by atoms with Crippen LogP contribution in [0.4, 0.5) is 0 Å². The molecule has 2 saturated carbocycles. The summed E-state index contributed by atoms with van der Waals surface area (Å²) in [5, 5.41) is 3.82. The molecule has 22 heavy (non-hydrogen) atoms. The van der Waals surface area contributed by atoms with E-state index in [1.807, 2.05) is 12.3 Å². The third-order valence-corrected chi connectivity index (χ3v) is 5.61. The van der Waals surface area contributed by atoms with E-state index in [9.17, 15) is 0 Å². The Morgan fingerprint density at radius 2 is 1.68 bits per heavy atom.